The first-order valence-electron chi connectivity index (χ1n) is 21.7. The molecule has 0 radical (unpaired) electrons. The summed E-state index contributed by atoms with van der Waals surface area (Å²) < 4.78 is 44.8. The molecule has 3 aromatic carbocycles. The van der Waals surface area contributed by atoms with Crippen molar-refractivity contribution in [1.29, 1.82) is 0 Å². The number of anilines is 1. The summed E-state index contributed by atoms with van der Waals surface area (Å²) in [7, 11) is -2.23. The quantitative estimate of drug-likeness (QED) is 0.260. The van der Waals surface area contributed by atoms with Crippen LogP contribution in [0.2, 0.25) is 5.02 Å². The molecule has 9 nitrogen and oxygen atoms in total. The van der Waals surface area contributed by atoms with E-state index < -0.39 is 26.8 Å². The highest BCUT2D eigenvalue weighted by Crippen LogP contribution is 2.47. The summed E-state index contributed by atoms with van der Waals surface area (Å²) in [5.41, 5.74) is 3.79. The molecule has 4 aliphatic heterocycles. The number of piperidine rings is 1. The van der Waals surface area contributed by atoms with Gasteiger partial charge in [0.2, 0.25) is 10.0 Å². The third-order valence-corrected chi connectivity index (χ3v) is 16.1. The summed E-state index contributed by atoms with van der Waals surface area (Å²) in [5.74, 6) is 0.399. The van der Waals surface area contributed by atoms with Gasteiger partial charge in [-0.05, 0) is 129 Å². The molecule has 4 heterocycles. The number of carbonyl (C=O) groups excluding carboxylic acids is 1. The van der Waals surface area contributed by atoms with E-state index in [0.29, 0.717) is 42.7 Å². The lowest BCUT2D eigenvalue weighted by Crippen LogP contribution is -2.61. The Hall–Kier alpha value is -3.41. The second kappa shape index (κ2) is 18.1. The van der Waals surface area contributed by atoms with E-state index in [1.165, 1.54) is 31.4 Å². The number of rotatable bonds is 5. The Morgan fingerprint density at radius 2 is 1.76 bits per heavy atom. The van der Waals surface area contributed by atoms with Gasteiger partial charge in [0, 0.05) is 63.0 Å². The summed E-state index contributed by atoms with van der Waals surface area (Å²) in [4.78, 5) is 21.8. The van der Waals surface area contributed by atoms with Crippen molar-refractivity contribution in [2.75, 3.05) is 57.8 Å². The number of carbonyl (C=O) groups is 1. The molecule has 5 aliphatic rings. The highest BCUT2D eigenvalue weighted by atomic mass is 35.5. The molecule has 6 atom stereocenters. The van der Waals surface area contributed by atoms with Gasteiger partial charge < -0.3 is 14.4 Å². The molecule has 11 heteroatoms. The fourth-order valence-corrected chi connectivity index (χ4v) is 12.3. The maximum atomic E-state index is 14.4. The van der Waals surface area contributed by atoms with Crippen LogP contribution >= 0.6 is 11.6 Å². The van der Waals surface area contributed by atoms with Gasteiger partial charge in [0.25, 0.3) is 5.91 Å². The van der Waals surface area contributed by atoms with Crippen LogP contribution in [-0.4, -0.2) is 93.9 Å². The molecule has 2 saturated heterocycles. The van der Waals surface area contributed by atoms with Crippen LogP contribution in [0.4, 0.5) is 5.69 Å². The Labute approximate surface area is 351 Å². The predicted molar refractivity (Wildman–Crippen MR) is 232 cm³/mol. The first-order valence-corrected chi connectivity index (χ1v) is 23.6. The summed E-state index contributed by atoms with van der Waals surface area (Å²) >= 11 is 6.45. The van der Waals surface area contributed by atoms with Crippen LogP contribution in [0, 0.1) is 17.8 Å². The highest BCUT2D eigenvalue weighted by molar-refractivity contribution is 7.90. The SMILES string of the molecule is CO[C@@]1(CN2CCN3CCCC[C@@H]3C2)/C=C/C[C@H](C)[C@H](Cc2ccccc2)S(=O)(=O)NC(=O)c2ccc3c(c2)N(CCCCc2cc(Cl)ccc2CO3)C[C@@H]2CC[C@H]21. The lowest BCUT2D eigenvalue weighted by atomic mass is 9.63. The van der Waals surface area contributed by atoms with E-state index in [2.05, 4.69) is 31.6 Å². The fraction of sp³-hybridized carbons (Fsp3) is 0.553. The molecule has 0 spiro atoms. The van der Waals surface area contributed by atoms with Gasteiger partial charge in [-0.1, -0.05) is 73.5 Å². The Morgan fingerprint density at radius 3 is 2.57 bits per heavy atom. The lowest BCUT2D eigenvalue weighted by Gasteiger charge is -2.53. The topological polar surface area (TPSA) is 91.4 Å². The van der Waals surface area contributed by atoms with Gasteiger partial charge in [0.15, 0.2) is 0 Å². The van der Waals surface area contributed by atoms with E-state index in [9.17, 15) is 13.2 Å². The molecular weight excluding hydrogens is 768 g/mol. The number of allylic oxidation sites excluding steroid dienone is 1. The zero-order valence-corrected chi connectivity index (χ0v) is 35.9. The molecule has 1 N–H and O–H groups in total. The average molecular weight is 830 g/mol. The molecule has 3 fully saturated rings. The number of nitrogens with one attached hydrogen (secondary N) is 1. The number of amides is 1. The molecule has 3 aromatic rings. The number of aryl methyl sites for hydroxylation is 1. The van der Waals surface area contributed by atoms with Gasteiger partial charge in [0.1, 0.15) is 18.0 Å². The van der Waals surface area contributed by atoms with E-state index in [4.69, 9.17) is 21.1 Å². The molecule has 0 unspecified atom stereocenters. The van der Waals surface area contributed by atoms with E-state index in [1.54, 1.807) is 6.07 Å². The zero-order chi connectivity index (χ0) is 40.3. The number of hydrogen-bond acceptors (Lipinski definition) is 8. The normalized spacial score (nSPS) is 30.2. The van der Waals surface area contributed by atoms with Gasteiger partial charge in [0.05, 0.1) is 10.9 Å². The maximum absolute atomic E-state index is 14.4. The summed E-state index contributed by atoms with van der Waals surface area (Å²) in [6.07, 6.45) is 14.1. The van der Waals surface area contributed by atoms with Crippen molar-refractivity contribution in [3.63, 3.8) is 0 Å². The maximum Gasteiger partial charge on any atom is 0.264 e. The van der Waals surface area contributed by atoms with Crippen molar-refractivity contribution >= 4 is 33.2 Å². The molecule has 2 bridgehead atoms. The first-order chi connectivity index (χ1) is 28.1. The second-order valence-corrected chi connectivity index (χ2v) is 20.0. The minimum absolute atomic E-state index is 0.269. The number of halogens is 1. The summed E-state index contributed by atoms with van der Waals surface area (Å²) in [6.45, 7) is 9.10. The second-order valence-electron chi connectivity index (χ2n) is 17.6. The van der Waals surface area contributed by atoms with Gasteiger partial charge >= 0.3 is 0 Å². The molecule has 8 rings (SSSR count). The average Bonchev–Trinajstić information content (AvgIpc) is 3.24. The Bertz CT molecular complexity index is 2050. The van der Waals surface area contributed by atoms with Gasteiger partial charge in [-0.15, -0.1) is 0 Å². The fourth-order valence-electron chi connectivity index (χ4n) is 10.4. The Balaban J connectivity index is 1.18. The number of fused-ring (bicyclic) bond motifs is 4. The molecule has 312 valence electrons. The third-order valence-electron chi connectivity index (χ3n) is 14.0. The van der Waals surface area contributed by atoms with E-state index in [1.807, 2.05) is 74.7 Å². The third kappa shape index (κ3) is 9.16. The lowest BCUT2D eigenvalue weighted by molar-refractivity contribution is -0.1000. The highest BCUT2D eigenvalue weighted by Gasteiger charge is 2.49. The van der Waals surface area contributed by atoms with Crippen LogP contribution in [0.25, 0.3) is 0 Å². The molecule has 58 heavy (non-hydrogen) atoms. The number of sulfonamides is 1. The van der Waals surface area contributed by atoms with Crippen molar-refractivity contribution in [2.45, 2.75) is 94.6 Å². The smallest absolute Gasteiger partial charge is 0.264 e. The van der Waals surface area contributed by atoms with Crippen molar-refractivity contribution in [1.82, 2.24) is 14.5 Å². The van der Waals surface area contributed by atoms with Gasteiger partial charge in [-0.2, -0.15) is 0 Å². The van der Waals surface area contributed by atoms with Crippen molar-refractivity contribution in [3.05, 3.63) is 106 Å². The zero-order valence-electron chi connectivity index (χ0n) is 34.3. The van der Waals surface area contributed by atoms with Crippen LogP contribution in [0.1, 0.15) is 85.3 Å². The van der Waals surface area contributed by atoms with Gasteiger partial charge in [-0.25, -0.2) is 13.1 Å². The molecule has 0 aromatic heterocycles. The number of hydrogen-bond donors (Lipinski definition) is 1. The van der Waals surface area contributed by atoms with Crippen LogP contribution < -0.4 is 14.4 Å². The monoisotopic (exact) mass is 828 g/mol. The first kappa shape index (κ1) is 41.3. The van der Waals surface area contributed by atoms with Crippen LogP contribution in [0.15, 0.2) is 78.9 Å². The number of methoxy groups -OCH3 is 1. The molecule has 1 aliphatic carbocycles. The van der Waals surface area contributed by atoms with Crippen molar-refractivity contribution < 1.29 is 22.7 Å². The van der Waals surface area contributed by atoms with Crippen LogP contribution in [0.5, 0.6) is 5.75 Å². The minimum Gasteiger partial charge on any atom is -0.487 e. The Kier molecular flexibility index (Phi) is 12.9. The van der Waals surface area contributed by atoms with E-state index in [-0.39, 0.29) is 11.8 Å². The number of nitrogens with zero attached hydrogens (tertiary/aromatic N) is 3. The summed E-state index contributed by atoms with van der Waals surface area (Å²) in [6, 6.07) is 21.7. The van der Waals surface area contributed by atoms with Crippen LogP contribution in [0.3, 0.4) is 0 Å². The molecule has 1 saturated carbocycles. The molecular formula is C47H61ClN4O5S. The van der Waals surface area contributed by atoms with Crippen molar-refractivity contribution in [2.24, 2.45) is 17.8 Å². The van der Waals surface area contributed by atoms with E-state index in [0.717, 1.165) is 93.2 Å². The summed E-state index contributed by atoms with van der Waals surface area (Å²) in [5, 5.41) is -0.115. The van der Waals surface area contributed by atoms with Crippen LogP contribution in [-0.2, 0) is 34.2 Å². The van der Waals surface area contributed by atoms with E-state index >= 15 is 0 Å². The Morgan fingerprint density at radius 1 is 0.914 bits per heavy atom. The number of benzene rings is 3. The van der Waals surface area contributed by atoms with Crippen molar-refractivity contribution in [3.8, 4) is 5.75 Å². The predicted octanol–water partition coefficient (Wildman–Crippen LogP) is 7.91. The molecule has 1 amide bonds. The number of ether oxygens (including phenoxy) is 2. The minimum atomic E-state index is -4.11. The largest absolute Gasteiger partial charge is 0.487 e. The number of piperazine rings is 1. The van der Waals surface area contributed by atoms with Gasteiger partial charge in [-0.3, -0.25) is 14.6 Å². The standard InChI is InChI=1S/C47H61ClN4O5S/c1-34-11-10-22-47(56-2,33-50-25-26-51-23-9-7-15-41(51)31-50)42-20-17-38(42)30-52-24-8-6-14-36-28-40(48)19-16-39(36)32-57-44-21-18-37(29-43(44)52)46(53)49-58(54,55)45(34)27-35-12-4-3-5-13-35/h3-5,10,12-13,16,18-19,21-22,28-29,34,38,41-42,45H,6-9,11,14-15,17,20,23-27,30-33H2,1-2H3,(H,49,53)/b22-10+/t34-,38-,41+,42+,45-,47+/m0/s1.